The van der Waals surface area contributed by atoms with Gasteiger partial charge in [-0.05, 0) is 43.7 Å². The molecule has 9 heteroatoms. The van der Waals surface area contributed by atoms with Gasteiger partial charge in [0.25, 0.3) is 5.91 Å². The van der Waals surface area contributed by atoms with Crippen molar-refractivity contribution in [3.8, 4) is 0 Å². The Morgan fingerprint density at radius 3 is 3.11 bits per heavy atom. The molecule has 1 aliphatic heterocycles. The summed E-state index contributed by atoms with van der Waals surface area (Å²) in [5.74, 6) is 0.262. The second-order valence-electron chi connectivity index (χ2n) is 6.36. The van der Waals surface area contributed by atoms with E-state index in [-0.39, 0.29) is 18.3 Å². The monoisotopic (exact) mass is 391 g/mol. The fraction of sp³-hybridized carbons (Fsp3) is 0.389. The molecule has 4 rings (SSSR count). The highest BCUT2D eigenvalue weighted by Crippen LogP contribution is 2.21. The van der Waals surface area contributed by atoms with Crippen LogP contribution in [0.15, 0.2) is 34.9 Å². The van der Waals surface area contributed by atoms with Crippen molar-refractivity contribution in [1.82, 2.24) is 20.1 Å². The number of aromatic nitrogens is 3. The smallest absolute Gasteiger partial charge is 0.276 e. The number of carbonyl (C=O) groups excluding carboxylic acids is 1. The Balaban J connectivity index is 0.00000210. The quantitative estimate of drug-likeness (QED) is 0.694. The molecular weight excluding hydrogens is 370 g/mol. The molecule has 3 heterocycles. The number of nitrogens with zero attached hydrogens (tertiary/aromatic N) is 3. The summed E-state index contributed by atoms with van der Waals surface area (Å²) < 4.78 is 12.4. The molecule has 0 saturated carbocycles. The third-order valence-electron chi connectivity index (χ3n) is 4.44. The van der Waals surface area contributed by atoms with Crippen LogP contribution < -0.4 is 10.6 Å². The summed E-state index contributed by atoms with van der Waals surface area (Å²) in [6.07, 6.45) is 4.06. The number of halogens is 1. The topological polar surface area (TPSA) is 94.2 Å². The number of hydrogen-bond donors (Lipinski definition) is 2. The lowest BCUT2D eigenvalue weighted by Gasteiger charge is -2.22. The maximum absolute atomic E-state index is 12.5. The molecule has 27 heavy (non-hydrogen) atoms. The number of nitrogens with one attached hydrogen (secondary N) is 2. The first-order valence-corrected chi connectivity index (χ1v) is 8.68. The van der Waals surface area contributed by atoms with Crippen LogP contribution >= 0.6 is 12.4 Å². The summed E-state index contributed by atoms with van der Waals surface area (Å²) in [7, 11) is 1.59. The van der Waals surface area contributed by atoms with E-state index >= 15 is 0 Å². The number of piperidine rings is 1. The van der Waals surface area contributed by atoms with Crippen LogP contribution in [-0.4, -0.2) is 40.9 Å². The molecular formula is C18H22ClN5O3. The summed E-state index contributed by atoms with van der Waals surface area (Å²) in [6.45, 7) is 2.24. The number of anilines is 1. The van der Waals surface area contributed by atoms with Crippen LogP contribution in [-0.2, 0) is 11.3 Å². The third kappa shape index (κ3) is 4.29. The standard InChI is InChI=1S/C18H21N5O3.ClH/c1-25-11-17-21-15-9-12(4-5-16(15)26-17)20-18(24)14-6-8-23(22-14)13-3-2-7-19-10-13;/h4-6,8-9,13,19H,2-3,7,10-11H2,1H3,(H,20,24);1H. The molecule has 1 atom stereocenters. The van der Waals surface area contributed by atoms with Gasteiger partial charge in [0, 0.05) is 25.5 Å². The minimum Gasteiger partial charge on any atom is -0.438 e. The van der Waals surface area contributed by atoms with E-state index in [1.54, 1.807) is 31.4 Å². The fourth-order valence-electron chi connectivity index (χ4n) is 3.15. The third-order valence-corrected chi connectivity index (χ3v) is 4.44. The number of methoxy groups -OCH3 is 1. The van der Waals surface area contributed by atoms with Gasteiger partial charge in [-0.15, -0.1) is 12.4 Å². The lowest BCUT2D eigenvalue weighted by Crippen LogP contribution is -2.32. The molecule has 144 valence electrons. The molecule has 2 N–H and O–H groups in total. The molecule has 1 aromatic carbocycles. The molecule has 1 aliphatic rings. The minimum absolute atomic E-state index is 0. The van der Waals surface area contributed by atoms with Crippen molar-refractivity contribution in [3.05, 3.63) is 42.0 Å². The number of amides is 1. The average Bonchev–Trinajstić information content (AvgIpc) is 3.29. The lowest BCUT2D eigenvalue weighted by molar-refractivity contribution is 0.102. The number of carbonyl (C=O) groups is 1. The summed E-state index contributed by atoms with van der Waals surface area (Å²) in [6, 6.07) is 7.39. The minimum atomic E-state index is -0.243. The van der Waals surface area contributed by atoms with E-state index in [2.05, 4.69) is 20.7 Å². The number of oxazole rings is 1. The van der Waals surface area contributed by atoms with Crippen LogP contribution in [0, 0.1) is 0 Å². The molecule has 1 fully saturated rings. The van der Waals surface area contributed by atoms with Gasteiger partial charge in [-0.1, -0.05) is 0 Å². The number of rotatable bonds is 5. The first kappa shape index (κ1) is 19.3. The van der Waals surface area contributed by atoms with Gasteiger partial charge in [0.1, 0.15) is 12.1 Å². The molecule has 3 aromatic rings. The zero-order valence-electron chi connectivity index (χ0n) is 15.0. The molecule has 2 aromatic heterocycles. The Labute approximate surface area is 162 Å². The van der Waals surface area contributed by atoms with Crippen molar-refractivity contribution in [2.24, 2.45) is 0 Å². The highest BCUT2D eigenvalue weighted by molar-refractivity contribution is 6.03. The second-order valence-corrected chi connectivity index (χ2v) is 6.36. The van der Waals surface area contributed by atoms with Gasteiger partial charge >= 0.3 is 0 Å². The normalized spacial score (nSPS) is 16.9. The first-order chi connectivity index (χ1) is 12.7. The Morgan fingerprint density at radius 2 is 2.33 bits per heavy atom. The van der Waals surface area contributed by atoms with Gasteiger partial charge < -0.3 is 19.8 Å². The van der Waals surface area contributed by atoms with Crippen molar-refractivity contribution in [1.29, 1.82) is 0 Å². The van der Waals surface area contributed by atoms with Gasteiger partial charge in [0.15, 0.2) is 11.3 Å². The van der Waals surface area contributed by atoms with Gasteiger partial charge in [-0.3, -0.25) is 9.48 Å². The van der Waals surface area contributed by atoms with Crippen LogP contribution in [0.3, 0.4) is 0 Å². The predicted octanol–water partition coefficient (Wildman–Crippen LogP) is 2.77. The van der Waals surface area contributed by atoms with Gasteiger partial charge in [0.2, 0.25) is 5.89 Å². The average molecular weight is 392 g/mol. The largest absolute Gasteiger partial charge is 0.438 e. The van der Waals surface area contributed by atoms with Crippen molar-refractivity contribution < 1.29 is 13.9 Å². The maximum atomic E-state index is 12.5. The van der Waals surface area contributed by atoms with E-state index in [9.17, 15) is 4.79 Å². The van der Waals surface area contributed by atoms with Crippen LogP contribution in [0.1, 0.15) is 35.3 Å². The molecule has 1 unspecified atom stereocenters. The molecule has 1 saturated heterocycles. The van der Waals surface area contributed by atoms with Crippen LogP contribution in [0.4, 0.5) is 5.69 Å². The fourth-order valence-corrected chi connectivity index (χ4v) is 3.15. The van der Waals surface area contributed by atoms with Crippen molar-refractivity contribution in [2.75, 3.05) is 25.5 Å². The molecule has 1 amide bonds. The molecule has 0 bridgehead atoms. The zero-order chi connectivity index (χ0) is 17.9. The summed E-state index contributed by atoms with van der Waals surface area (Å²) >= 11 is 0. The first-order valence-electron chi connectivity index (χ1n) is 8.68. The van der Waals surface area contributed by atoms with E-state index in [4.69, 9.17) is 9.15 Å². The van der Waals surface area contributed by atoms with E-state index < -0.39 is 0 Å². The Morgan fingerprint density at radius 1 is 1.44 bits per heavy atom. The SMILES string of the molecule is COCc1nc2cc(NC(=O)c3ccn(C4CCCNC4)n3)ccc2o1.Cl. The number of ether oxygens (including phenoxy) is 1. The lowest BCUT2D eigenvalue weighted by atomic mass is 10.1. The number of benzene rings is 1. The van der Waals surface area contributed by atoms with Gasteiger partial charge in [-0.2, -0.15) is 5.10 Å². The summed E-state index contributed by atoms with van der Waals surface area (Å²) in [5, 5.41) is 10.7. The summed E-state index contributed by atoms with van der Waals surface area (Å²) in [4.78, 5) is 16.8. The highest BCUT2D eigenvalue weighted by atomic mass is 35.5. The van der Waals surface area contributed by atoms with Crippen molar-refractivity contribution >= 4 is 35.1 Å². The van der Waals surface area contributed by atoms with Gasteiger partial charge in [-0.25, -0.2) is 4.98 Å². The Kier molecular flexibility index (Phi) is 6.10. The van der Waals surface area contributed by atoms with Crippen molar-refractivity contribution in [2.45, 2.75) is 25.5 Å². The van der Waals surface area contributed by atoms with Crippen LogP contribution in [0.5, 0.6) is 0 Å². The molecule has 0 radical (unpaired) electrons. The zero-order valence-corrected chi connectivity index (χ0v) is 15.8. The number of hydrogen-bond acceptors (Lipinski definition) is 6. The maximum Gasteiger partial charge on any atom is 0.276 e. The number of fused-ring (bicyclic) bond motifs is 1. The molecule has 0 spiro atoms. The highest BCUT2D eigenvalue weighted by Gasteiger charge is 2.18. The predicted molar refractivity (Wildman–Crippen MR) is 103 cm³/mol. The van der Waals surface area contributed by atoms with E-state index in [0.717, 1.165) is 25.9 Å². The second kappa shape index (κ2) is 8.51. The molecule has 8 nitrogen and oxygen atoms in total. The Hall–Kier alpha value is -2.42. The van der Waals surface area contributed by atoms with E-state index in [1.807, 2.05) is 10.9 Å². The summed E-state index contributed by atoms with van der Waals surface area (Å²) in [5.41, 5.74) is 2.38. The van der Waals surface area contributed by atoms with E-state index in [0.29, 0.717) is 41.0 Å². The van der Waals surface area contributed by atoms with Crippen molar-refractivity contribution in [3.63, 3.8) is 0 Å². The van der Waals surface area contributed by atoms with Crippen LogP contribution in [0.25, 0.3) is 11.1 Å². The van der Waals surface area contributed by atoms with Gasteiger partial charge in [0.05, 0.1) is 6.04 Å². The van der Waals surface area contributed by atoms with Crippen LogP contribution in [0.2, 0.25) is 0 Å². The van der Waals surface area contributed by atoms with E-state index in [1.165, 1.54) is 0 Å². The Bertz CT molecular complexity index is 917. The molecule has 0 aliphatic carbocycles.